The van der Waals surface area contributed by atoms with Crippen LogP contribution in [-0.2, 0) is 11.3 Å². The van der Waals surface area contributed by atoms with Gasteiger partial charge in [-0.2, -0.15) is 0 Å². The van der Waals surface area contributed by atoms with Gasteiger partial charge in [0.05, 0.1) is 39.3 Å². The molecule has 12 nitrogen and oxygen atoms in total. The summed E-state index contributed by atoms with van der Waals surface area (Å²) in [7, 11) is 0. The first-order chi connectivity index (χ1) is 16.2. The first-order valence-electron chi connectivity index (χ1n) is 9.48. The molecule has 2 aromatic carbocycles. The molecule has 0 saturated heterocycles. The number of H-pyrrole nitrogens is 1. The molecule has 13 heteroatoms. The second kappa shape index (κ2) is 9.03. The van der Waals surface area contributed by atoms with Crippen LogP contribution in [0.25, 0.3) is 16.7 Å². The molecule has 0 aliphatic carbocycles. The molecule has 0 unspecified atom stereocenters. The number of anilines is 1. The van der Waals surface area contributed by atoms with Crippen molar-refractivity contribution in [3.8, 4) is 5.69 Å². The lowest BCUT2D eigenvalue weighted by Crippen LogP contribution is -2.19. The Hall–Kier alpha value is -4.71. The van der Waals surface area contributed by atoms with Gasteiger partial charge in [0.2, 0.25) is 5.69 Å². The van der Waals surface area contributed by atoms with Crippen LogP contribution in [-0.4, -0.2) is 47.8 Å². The maximum Gasteiger partial charge on any atom is 0.412 e. The third-order valence-electron chi connectivity index (χ3n) is 4.61. The van der Waals surface area contributed by atoms with E-state index < -0.39 is 29.3 Å². The van der Waals surface area contributed by atoms with E-state index in [2.05, 4.69) is 20.3 Å². The number of carboxylic acids is 2. The molecular weight excluding hydrogens is 470 g/mol. The van der Waals surface area contributed by atoms with Crippen molar-refractivity contribution in [2.45, 2.75) is 6.61 Å². The molecule has 0 spiro atoms. The predicted molar refractivity (Wildman–Crippen MR) is 119 cm³/mol. The van der Waals surface area contributed by atoms with Crippen LogP contribution in [0.4, 0.5) is 10.5 Å². The zero-order valence-corrected chi connectivity index (χ0v) is 17.7. The predicted octanol–water partition coefficient (Wildman–Crippen LogP) is 2.91. The molecule has 0 fully saturated rings. The zero-order valence-electron chi connectivity index (χ0n) is 17.0. The van der Waals surface area contributed by atoms with Gasteiger partial charge in [-0.05, 0) is 36.4 Å². The number of nitrogens with one attached hydrogen (secondary N) is 2. The quantitative estimate of drug-likeness (QED) is 0.321. The number of aromatic carboxylic acids is 2. The Morgan fingerprint density at radius 3 is 2.53 bits per heavy atom. The summed E-state index contributed by atoms with van der Waals surface area (Å²) in [6, 6.07) is 8.47. The summed E-state index contributed by atoms with van der Waals surface area (Å²) in [5.41, 5.74) is 0.204. The van der Waals surface area contributed by atoms with E-state index in [-0.39, 0.29) is 28.2 Å². The van der Waals surface area contributed by atoms with Gasteiger partial charge >= 0.3 is 18.0 Å². The van der Waals surface area contributed by atoms with Gasteiger partial charge in [0.1, 0.15) is 6.61 Å². The summed E-state index contributed by atoms with van der Waals surface area (Å²) in [5.74, 6) is -2.54. The number of hydrogen-bond donors (Lipinski definition) is 4. The highest BCUT2D eigenvalue weighted by atomic mass is 35.5. The highest BCUT2D eigenvalue weighted by Crippen LogP contribution is 2.25. The first kappa shape index (κ1) is 22.5. The normalized spacial score (nSPS) is 10.7. The highest BCUT2D eigenvalue weighted by molar-refractivity contribution is 6.33. The van der Waals surface area contributed by atoms with Gasteiger partial charge < -0.3 is 24.5 Å². The molecule has 0 bridgehead atoms. The van der Waals surface area contributed by atoms with Crippen molar-refractivity contribution in [2.24, 2.45) is 0 Å². The van der Waals surface area contributed by atoms with Crippen LogP contribution in [0.15, 0.2) is 53.7 Å². The Kier molecular flexibility index (Phi) is 5.97. The number of carboxylic acid groups (broad SMARTS) is 2. The number of amides is 1. The second-order valence-electron chi connectivity index (χ2n) is 6.90. The van der Waals surface area contributed by atoms with Crippen LogP contribution in [0.3, 0.4) is 0 Å². The summed E-state index contributed by atoms with van der Waals surface area (Å²) in [5, 5.41) is 20.7. The van der Waals surface area contributed by atoms with Gasteiger partial charge in [0.15, 0.2) is 0 Å². The van der Waals surface area contributed by atoms with Crippen molar-refractivity contribution in [1.29, 1.82) is 0 Å². The number of carbonyl (C=O) groups excluding carboxylic acids is 1. The monoisotopic (exact) mass is 483 g/mol. The number of aromatic amines is 1. The number of ether oxygens (including phenoxy) is 1. The van der Waals surface area contributed by atoms with Crippen molar-refractivity contribution >= 4 is 46.4 Å². The van der Waals surface area contributed by atoms with Crippen LogP contribution in [0.5, 0.6) is 0 Å². The molecule has 2 aromatic heterocycles. The van der Waals surface area contributed by atoms with E-state index in [0.29, 0.717) is 17.1 Å². The lowest BCUT2D eigenvalue weighted by molar-refractivity contribution is 0.0681. The van der Waals surface area contributed by atoms with Crippen LogP contribution < -0.4 is 10.9 Å². The van der Waals surface area contributed by atoms with E-state index in [9.17, 15) is 19.2 Å². The van der Waals surface area contributed by atoms with Crippen molar-refractivity contribution in [3.63, 3.8) is 0 Å². The van der Waals surface area contributed by atoms with E-state index >= 15 is 0 Å². The largest absolute Gasteiger partial charge is 0.478 e. The molecule has 172 valence electrons. The number of benzene rings is 2. The smallest absolute Gasteiger partial charge is 0.412 e. The first-order valence-corrected chi connectivity index (χ1v) is 9.86. The maximum absolute atomic E-state index is 12.0. The van der Waals surface area contributed by atoms with Crippen molar-refractivity contribution < 1.29 is 29.3 Å². The average molecular weight is 484 g/mol. The summed E-state index contributed by atoms with van der Waals surface area (Å²) < 4.78 is 6.65. The van der Waals surface area contributed by atoms with Gasteiger partial charge in [-0.1, -0.05) is 11.6 Å². The number of aromatic nitrogens is 4. The summed E-state index contributed by atoms with van der Waals surface area (Å²) in [6.45, 7) is -0.175. The molecule has 4 N–H and O–H groups in total. The number of imidazole rings is 1. The topological polar surface area (TPSA) is 176 Å². The van der Waals surface area contributed by atoms with Crippen molar-refractivity contribution in [1.82, 2.24) is 19.5 Å². The highest BCUT2D eigenvalue weighted by Gasteiger charge is 2.15. The molecule has 0 atom stereocenters. The number of hydrogen-bond acceptors (Lipinski definition) is 7. The Bertz CT molecular complexity index is 1490. The fourth-order valence-corrected chi connectivity index (χ4v) is 3.26. The van der Waals surface area contributed by atoms with E-state index in [1.165, 1.54) is 47.3 Å². The van der Waals surface area contributed by atoms with E-state index in [0.717, 1.165) is 0 Å². The van der Waals surface area contributed by atoms with E-state index in [1.54, 1.807) is 6.20 Å². The third-order valence-corrected chi connectivity index (χ3v) is 4.91. The maximum atomic E-state index is 12.0. The number of carbonyl (C=O) groups is 3. The molecule has 2 heterocycles. The van der Waals surface area contributed by atoms with Gasteiger partial charge in [0, 0.05) is 11.9 Å². The number of rotatable bonds is 6. The second-order valence-corrected chi connectivity index (χ2v) is 7.30. The van der Waals surface area contributed by atoms with Crippen molar-refractivity contribution in [2.75, 3.05) is 5.32 Å². The third kappa shape index (κ3) is 4.71. The summed E-state index contributed by atoms with van der Waals surface area (Å²) in [4.78, 5) is 56.3. The molecule has 0 aliphatic rings. The van der Waals surface area contributed by atoms with Crippen LogP contribution in [0, 0.1) is 0 Å². The Labute approximate surface area is 194 Å². The molecule has 34 heavy (non-hydrogen) atoms. The summed E-state index contributed by atoms with van der Waals surface area (Å²) in [6.07, 6.45) is 2.19. The van der Waals surface area contributed by atoms with Crippen LogP contribution >= 0.6 is 11.6 Å². The van der Waals surface area contributed by atoms with Gasteiger partial charge in [-0.3, -0.25) is 10.1 Å². The lowest BCUT2D eigenvalue weighted by Gasteiger charge is -2.08. The lowest BCUT2D eigenvalue weighted by atomic mass is 10.2. The molecule has 4 aromatic rings. The number of nitrogens with zero attached hydrogens (tertiary/aromatic N) is 3. The van der Waals surface area contributed by atoms with E-state index in [1.807, 2.05) is 0 Å². The molecule has 0 saturated carbocycles. The fourth-order valence-electron chi connectivity index (χ4n) is 3.00. The molecule has 1 amide bonds. The molecule has 4 rings (SSSR count). The average Bonchev–Trinajstić information content (AvgIpc) is 3.26. The Balaban J connectivity index is 1.47. The molecule has 0 radical (unpaired) electrons. The van der Waals surface area contributed by atoms with Crippen LogP contribution in [0.2, 0.25) is 5.02 Å². The molecular formula is C21H14ClN5O7. The fraction of sp³-hybridized carbons (Fsp3) is 0.0476. The van der Waals surface area contributed by atoms with Crippen molar-refractivity contribution in [3.05, 3.63) is 81.3 Å². The Morgan fingerprint density at radius 2 is 1.85 bits per heavy atom. The van der Waals surface area contributed by atoms with Gasteiger partial charge in [-0.25, -0.2) is 24.4 Å². The standard InChI is InChI=1S/C21H14ClN5O7/c22-13-5-14-15(25-17(20(31)32)18(28)26-14)6-16(13)27-7-12(23-9-27)8-34-21(33)24-11-3-1-10(2-4-11)19(29)30/h1-7,9H,8H2,(H,24,33)(H,26,28)(H,29,30)(H,31,32). The number of fused-ring (bicyclic) bond motifs is 1. The van der Waals surface area contributed by atoms with Crippen LogP contribution in [0.1, 0.15) is 26.5 Å². The minimum atomic E-state index is -1.46. The van der Waals surface area contributed by atoms with Gasteiger partial charge in [-0.15, -0.1) is 0 Å². The SMILES string of the molecule is O=C(Nc1ccc(C(=O)O)cc1)OCc1cn(-c2cc3nc(C(=O)O)c(=O)[nH]c3cc2Cl)cn1. The summed E-state index contributed by atoms with van der Waals surface area (Å²) >= 11 is 6.30. The minimum Gasteiger partial charge on any atom is -0.478 e. The zero-order chi connectivity index (χ0) is 24.4. The molecule has 0 aliphatic heterocycles. The Morgan fingerprint density at radius 1 is 1.12 bits per heavy atom. The van der Waals surface area contributed by atoms with Gasteiger partial charge in [0.25, 0.3) is 5.56 Å². The number of halogens is 1. The van der Waals surface area contributed by atoms with E-state index in [4.69, 9.17) is 26.6 Å². The minimum absolute atomic E-state index is 0.0811.